The van der Waals surface area contributed by atoms with E-state index in [1.54, 1.807) is 0 Å². The van der Waals surface area contributed by atoms with Gasteiger partial charge in [0, 0.05) is 37.8 Å². The van der Waals surface area contributed by atoms with Gasteiger partial charge in [0.2, 0.25) is 0 Å². The van der Waals surface area contributed by atoms with Crippen LogP contribution in [0.4, 0.5) is 0 Å². The van der Waals surface area contributed by atoms with Gasteiger partial charge in [-0.05, 0) is 19.3 Å². The van der Waals surface area contributed by atoms with Gasteiger partial charge in [-0.2, -0.15) is 11.8 Å². The Labute approximate surface area is 79.4 Å². The van der Waals surface area contributed by atoms with Gasteiger partial charge in [-0.25, -0.2) is 0 Å². The molecule has 0 aromatic carbocycles. The van der Waals surface area contributed by atoms with Gasteiger partial charge in [-0.1, -0.05) is 0 Å². The lowest BCUT2D eigenvalue weighted by Crippen LogP contribution is -2.24. The van der Waals surface area contributed by atoms with Crippen molar-refractivity contribution in [3.05, 3.63) is 0 Å². The highest BCUT2D eigenvalue weighted by Gasteiger charge is 1.95. The van der Waals surface area contributed by atoms with Crippen molar-refractivity contribution in [3.63, 3.8) is 0 Å². The quantitative estimate of drug-likeness (QED) is 0.624. The summed E-state index contributed by atoms with van der Waals surface area (Å²) in [6.07, 6.45) is 3.93. The summed E-state index contributed by atoms with van der Waals surface area (Å²) in [6, 6.07) is 0. The molecule has 0 amide bonds. The smallest absolute Gasteiger partial charge is 0.0466 e. The lowest BCUT2D eigenvalue weighted by molar-refractivity contribution is 0.0968. The molecule has 0 bridgehead atoms. The van der Waals surface area contributed by atoms with Gasteiger partial charge in [0.25, 0.3) is 0 Å². The van der Waals surface area contributed by atoms with Crippen LogP contribution in [0.2, 0.25) is 0 Å². The highest BCUT2D eigenvalue weighted by Crippen LogP contribution is 2.02. The lowest BCUT2D eigenvalue weighted by atomic mass is 10.2. The predicted octanol–water partition coefficient (Wildman–Crippen LogP) is 1.51. The van der Waals surface area contributed by atoms with Gasteiger partial charge in [0.1, 0.15) is 0 Å². The Kier molecular flexibility index (Phi) is 6.81. The summed E-state index contributed by atoms with van der Waals surface area (Å²) < 4.78 is 5.07. The summed E-state index contributed by atoms with van der Waals surface area (Å²) in [5.74, 6) is 2.61. The zero-order valence-electron chi connectivity index (χ0n) is 7.68. The molecule has 2 rings (SSSR count). The van der Waals surface area contributed by atoms with E-state index in [0.29, 0.717) is 0 Å². The number of hydrogen-bond donors (Lipinski definition) is 1. The molecule has 12 heavy (non-hydrogen) atoms. The molecule has 3 heteroatoms. The van der Waals surface area contributed by atoms with E-state index in [2.05, 4.69) is 5.32 Å². The zero-order chi connectivity index (χ0) is 8.49. The van der Waals surface area contributed by atoms with Crippen LogP contribution in [0.5, 0.6) is 0 Å². The molecule has 0 radical (unpaired) electrons. The molecule has 2 saturated heterocycles. The Morgan fingerprint density at radius 1 is 0.917 bits per heavy atom. The van der Waals surface area contributed by atoms with Crippen LogP contribution in [0.1, 0.15) is 19.3 Å². The second-order valence-electron chi connectivity index (χ2n) is 3.04. The Bertz CT molecular complexity index is 57.5. The van der Waals surface area contributed by atoms with Gasteiger partial charge < -0.3 is 10.1 Å². The van der Waals surface area contributed by atoms with Crippen LogP contribution in [0.3, 0.4) is 0 Å². The first-order valence-electron chi connectivity index (χ1n) is 4.86. The first-order valence-corrected chi connectivity index (χ1v) is 6.02. The van der Waals surface area contributed by atoms with Gasteiger partial charge in [-0.15, -0.1) is 0 Å². The summed E-state index contributed by atoms with van der Waals surface area (Å²) in [5, 5.41) is 3.26. The summed E-state index contributed by atoms with van der Waals surface area (Å²) >= 11 is 2.03. The van der Waals surface area contributed by atoms with Crippen molar-refractivity contribution in [2.45, 2.75) is 19.3 Å². The van der Waals surface area contributed by atoms with Gasteiger partial charge in [-0.3, -0.25) is 0 Å². The molecular formula is C9H19NOS. The third-order valence-electron chi connectivity index (χ3n) is 1.92. The van der Waals surface area contributed by atoms with Crippen molar-refractivity contribution in [2.24, 2.45) is 0 Å². The zero-order valence-corrected chi connectivity index (χ0v) is 8.50. The lowest BCUT2D eigenvalue weighted by Gasteiger charge is -2.08. The van der Waals surface area contributed by atoms with E-state index < -0.39 is 0 Å². The summed E-state index contributed by atoms with van der Waals surface area (Å²) in [4.78, 5) is 0. The molecule has 0 atom stereocenters. The average Bonchev–Trinajstić information content (AvgIpc) is 2.24. The van der Waals surface area contributed by atoms with Crippen LogP contribution in [0, 0.1) is 0 Å². The van der Waals surface area contributed by atoms with E-state index in [4.69, 9.17) is 4.74 Å². The third kappa shape index (κ3) is 5.86. The van der Waals surface area contributed by atoms with Crippen LogP contribution in [0.25, 0.3) is 0 Å². The molecule has 0 aromatic rings. The highest BCUT2D eigenvalue weighted by atomic mass is 32.2. The molecule has 2 fully saturated rings. The normalized spacial score (nSPS) is 24.0. The topological polar surface area (TPSA) is 21.3 Å². The summed E-state index contributed by atoms with van der Waals surface area (Å²) in [7, 11) is 0. The monoisotopic (exact) mass is 189 g/mol. The van der Waals surface area contributed by atoms with Crippen LogP contribution >= 0.6 is 11.8 Å². The van der Waals surface area contributed by atoms with E-state index >= 15 is 0 Å². The number of ether oxygens (including phenoxy) is 1. The maximum Gasteiger partial charge on any atom is 0.0466 e. The molecule has 0 unspecified atom stereocenters. The van der Waals surface area contributed by atoms with E-state index in [1.165, 1.54) is 43.9 Å². The predicted molar refractivity (Wildman–Crippen MR) is 54.9 cm³/mol. The van der Waals surface area contributed by atoms with E-state index in [0.717, 1.165) is 13.2 Å². The van der Waals surface area contributed by atoms with Crippen molar-refractivity contribution < 1.29 is 4.74 Å². The summed E-state index contributed by atoms with van der Waals surface area (Å²) in [6.45, 7) is 4.43. The fraction of sp³-hybridized carbons (Fsp3) is 1.00. The SMILES string of the molecule is C1CCOCC1.C1CSCCN1. The van der Waals surface area contributed by atoms with Crippen molar-refractivity contribution in [3.8, 4) is 0 Å². The fourth-order valence-corrected chi connectivity index (χ4v) is 1.98. The summed E-state index contributed by atoms with van der Waals surface area (Å²) in [5.41, 5.74) is 0. The average molecular weight is 189 g/mol. The molecular weight excluding hydrogens is 170 g/mol. The Morgan fingerprint density at radius 2 is 1.58 bits per heavy atom. The molecule has 0 aromatic heterocycles. The maximum atomic E-state index is 5.07. The number of rotatable bonds is 0. The first kappa shape index (κ1) is 10.4. The fourth-order valence-electron chi connectivity index (χ4n) is 1.20. The van der Waals surface area contributed by atoms with Crippen molar-refractivity contribution >= 4 is 11.8 Å². The largest absolute Gasteiger partial charge is 0.381 e. The molecule has 72 valence electrons. The van der Waals surface area contributed by atoms with Crippen LogP contribution in [-0.2, 0) is 4.74 Å². The molecule has 2 nitrogen and oxygen atoms in total. The van der Waals surface area contributed by atoms with Gasteiger partial charge >= 0.3 is 0 Å². The Hall–Kier alpha value is 0.270. The minimum atomic E-state index is 1.00. The number of nitrogens with one attached hydrogen (secondary N) is 1. The van der Waals surface area contributed by atoms with Gasteiger partial charge in [0.05, 0.1) is 0 Å². The van der Waals surface area contributed by atoms with Crippen molar-refractivity contribution in [1.29, 1.82) is 0 Å². The second kappa shape index (κ2) is 7.90. The molecule has 0 spiro atoms. The minimum absolute atomic E-state index is 1.00. The Morgan fingerprint density at radius 3 is 1.75 bits per heavy atom. The Balaban J connectivity index is 0.000000120. The highest BCUT2D eigenvalue weighted by molar-refractivity contribution is 7.99. The molecule has 0 aliphatic carbocycles. The molecule has 2 aliphatic rings. The third-order valence-corrected chi connectivity index (χ3v) is 2.91. The second-order valence-corrected chi connectivity index (χ2v) is 4.26. The molecule has 2 heterocycles. The van der Waals surface area contributed by atoms with Crippen molar-refractivity contribution in [1.82, 2.24) is 5.32 Å². The number of thioether (sulfide) groups is 1. The van der Waals surface area contributed by atoms with E-state index in [9.17, 15) is 0 Å². The maximum absolute atomic E-state index is 5.07. The standard InChI is InChI=1S/C5H10O.C4H9NS/c1-2-4-6-5-3-1;1-3-6-4-2-5-1/h1-5H2;5H,1-4H2. The van der Waals surface area contributed by atoms with E-state index in [-0.39, 0.29) is 0 Å². The molecule has 1 N–H and O–H groups in total. The van der Waals surface area contributed by atoms with Crippen molar-refractivity contribution in [2.75, 3.05) is 37.8 Å². The van der Waals surface area contributed by atoms with Crippen LogP contribution in [0.15, 0.2) is 0 Å². The van der Waals surface area contributed by atoms with Gasteiger partial charge in [0.15, 0.2) is 0 Å². The minimum Gasteiger partial charge on any atom is -0.381 e. The van der Waals surface area contributed by atoms with Crippen LogP contribution < -0.4 is 5.32 Å². The van der Waals surface area contributed by atoms with Crippen LogP contribution in [-0.4, -0.2) is 37.8 Å². The number of hydrogen-bond acceptors (Lipinski definition) is 3. The molecule has 0 saturated carbocycles. The van der Waals surface area contributed by atoms with E-state index in [1.807, 2.05) is 11.8 Å². The first-order chi connectivity index (χ1) is 6.00. The molecule has 2 aliphatic heterocycles.